The van der Waals surface area contributed by atoms with E-state index in [-0.39, 0.29) is 11.8 Å². The van der Waals surface area contributed by atoms with E-state index in [0.717, 1.165) is 33.4 Å². The molecule has 0 saturated heterocycles. The van der Waals surface area contributed by atoms with Crippen molar-refractivity contribution in [1.29, 1.82) is 0 Å². The van der Waals surface area contributed by atoms with Gasteiger partial charge in [-0.3, -0.25) is 0 Å². The summed E-state index contributed by atoms with van der Waals surface area (Å²) in [4.78, 5) is 12.4. The molecule has 0 aliphatic heterocycles. The second kappa shape index (κ2) is 8.15. The van der Waals surface area contributed by atoms with Crippen LogP contribution in [0.1, 0.15) is 45.8 Å². The Kier molecular flexibility index (Phi) is 5.17. The van der Waals surface area contributed by atoms with Gasteiger partial charge in [-0.15, -0.1) is 0 Å². The quantitative estimate of drug-likeness (QED) is 0.354. The first-order chi connectivity index (χ1) is 15.5. The minimum Gasteiger partial charge on any atom is -0.465 e. The molecule has 1 aliphatic rings. The minimum absolute atomic E-state index is 0.226. The van der Waals surface area contributed by atoms with E-state index >= 15 is 0 Å². The molecule has 1 saturated carbocycles. The van der Waals surface area contributed by atoms with Gasteiger partial charge in [0.15, 0.2) is 0 Å². The number of nitrogens with one attached hydrogen (secondary N) is 1. The summed E-state index contributed by atoms with van der Waals surface area (Å²) in [6.45, 7) is 2.66. The summed E-state index contributed by atoms with van der Waals surface area (Å²) in [6, 6.07) is 18.9. The largest absolute Gasteiger partial charge is 0.465 e. The number of anilines is 2. The van der Waals surface area contributed by atoms with E-state index in [0.29, 0.717) is 18.0 Å². The van der Waals surface area contributed by atoms with Gasteiger partial charge in [-0.2, -0.15) is 0 Å². The number of aromatic nitrogens is 1. The molecule has 0 bridgehead atoms. The third-order valence-corrected chi connectivity index (χ3v) is 6.07. The minimum atomic E-state index is -0.339. The number of nitrogens with zero attached hydrogens (tertiary/aromatic N) is 1. The fourth-order valence-electron chi connectivity index (χ4n) is 4.38. The molecule has 4 nitrogen and oxygen atoms in total. The van der Waals surface area contributed by atoms with Crippen molar-refractivity contribution in [3.8, 4) is 0 Å². The lowest BCUT2D eigenvalue weighted by Crippen LogP contribution is -2.07. The molecular formula is C27H25FN2O2. The Labute approximate surface area is 186 Å². The smallest absolute Gasteiger partial charge is 0.339 e. The van der Waals surface area contributed by atoms with Crippen molar-refractivity contribution in [2.75, 3.05) is 12.4 Å². The standard InChI is InChI=1S/C27H25FN2O2/c1-17-12-23(29-25-9-8-20(19-6-7-19)15-24(25)27(31)32-2)14-21-10-11-30(26(17)21)16-18-4-3-5-22(28)13-18/h3-5,8-15,19,29H,6-7,16H2,1-2H3. The molecule has 0 spiro atoms. The van der Waals surface area contributed by atoms with E-state index in [1.54, 1.807) is 12.1 Å². The topological polar surface area (TPSA) is 43.3 Å². The molecule has 3 aromatic carbocycles. The van der Waals surface area contributed by atoms with Crippen molar-refractivity contribution in [2.24, 2.45) is 0 Å². The predicted molar refractivity (Wildman–Crippen MR) is 125 cm³/mol. The zero-order valence-electron chi connectivity index (χ0n) is 18.2. The summed E-state index contributed by atoms with van der Waals surface area (Å²) in [5, 5.41) is 4.50. The SMILES string of the molecule is COC(=O)c1cc(C2CC2)ccc1Nc1cc(C)c2c(ccn2Cc2cccc(F)c2)c1. The molecule has 1 N–H and O–H groups in total. The van der Waals surface area contributed by atoms with Crippen molar-refractivity contribution in [3.05, 3.63) is 94.9 Å². The van der Waals surface area contributed by atoms with Crippen molar-refractivity contribution < 1.29 is 13.9 Å². The van der Waals surface area contributed by atoms with E-state index in [1.807, 2.05) is 24.4 Å². The van der Waals surface area contributed by atoms with Gasteiger partial charge in [-0.25, -0.2) is 9.18 Å². The number of aryl methyl sites for hydroxylation is 1. The normalized spacial score (nSPS) is 13.3. The number of methoxy groups -OCH3 is 1. The third kappa shape index (κ3) is 3.98. The van der Waals surface area contributed by atoms with Crippen LogP contribution in [0.3, 0.4) is 0 Å². The van der Waals surface area contributed by atoms with Crippen LogP contribution >= 0.6 is 0 Å². The number of carbonyl (C=O) groups is 1. The number of hydrogen-bond donors (Lipinski definition) is 1. The number of benzene rings is 3. The Morgan fingerprint density at radius 2 is 1.97 bits per heavy atom. The molecule has 0 unspecified atom stereocenters. The van der Waals surface area contributed by atoms with Gasteiger partial charge in [-0.05, 0) is 84.8 Å². The third-order valence-electron chi connectivity index (χ3n) is 6.07. The van der Waals surface area contributed by atoms with Gasteiger partial charge in [0, 0.05) is 23.8 Å². The van der Waals surface area contributed by atoms with Crippen LogP contribution in [0, 0.1) is 12.7 Å². The van der Waals surface area contributed by atoms with Gasteiger partial charge >= 0.3 is 5.97 Å². The van der Waals surface area contributed by atoms with Crippen LogP contribution in [0.15, 0.2) is 66.9 Å². The Morgan fingerprint density at radius 3 is 2.72 bits per heavy atom. The van der Waals surface area contributed by atoms with Gasteiger partial charge in [0.25, 0.3) is 0 Å². The second-order valence-electron chi connectivity index (χ2n) is 8.50. The lowest BCUT2D eigenvalue weighted by Gasteiger charge is -2.14. The summed E-state index contributed by atoms with van der Waals surface area (Å²) in [6.07, 6.45) is 4.38. The van der Waals surface area contributed by atoms with Crippen LogP contribution in [0.5, 0.6) is 0 Å². The maximum Gasteiger partial charge on any atom is 0.339 e. The first-order valence-electron chi connectivity index (χ1n) is 10.8. The Balaban J connectivity index is 1.46. The highest BCUT2D eigenvalue weighted by Crippen LogP contribution is 2.41. The monoisotopic (exact) mass is 428 g/mol. The van der Waals surface area contributed by atoms with E-state index in [1.165, 1.54) is 31.6 Å². The maximum atomic E-state index is 13.6. The van der Waals surface area contributed by atoms with Gasteiger partial charge in [0.2, 0.25) is 0 Å². The van der Waals surface area contributed by atoms with E-state index in [2.05, 4.69) is 41.1 Å². The molecular weight excluding hydrogens is 403 g/mol. The maximum absolute atomic E-state index is 13.6. The fraction of sp³-hybridized carbons (Fsp3) is 0.222. The number of ether oxygens (including phenoxy) is 1. The molecule has 5 heteroatoms. The first kappa shape index (κ1) is 20.3. The second-order valence-corrected chi connectivity index (χ2v) is 8.50. The Bertz CT molecular complexity index is 1320. The molecule has 32 heavy (non-hydrogen) atoms. The molecule has 1 aliphatic carbocycles. The molecule has 0 amide bonds. The molecule has 4 aromatic rings. The van der Waals surface area contributed by atoms with Crippen LogP contribution in [0.2, 0.25) is 0 Å². The molecule has 1 heterocycles. The van der Waals surface area contributed by atoms with Crippen LogP contribution < -0.4 is 5.32 Å². The Morgan fingerprint density at radius 1 is 1.12 bits per heavy atom. The zero-order chi connectivity index (χ0) is 22.2. The van der Waals surface area contributed by atoms with Crippen LogP contribution in [0.25, 0.3) is 10.9 Å². The highest BCUT2D eigenvalue weighted by Gasteiger charge is 2.25. The lowest BCUT2D eigenvalue weighted by atomic mass is 10.0. The average Bonchev–Trinajstić information content (AvgIpc) is 3.55. The molecule has 0 atom stereocenters. The highest BCUT2D eigenvalue weighted by atomic mass is 19.1. The molecule has 5 rings (SSSR count). The van der Waals surface area contributed by atoms with Crippen molar-refractivity contribution in [3.63, 3.8) is 0 Å². The summed E-state index contributed by atoms with van der Waals surface area (Å²) in [5.41, 5.74) is 6.51. The first-order valence-corrected chi connectivity index (χ1v) is 10.8. The van der Waals surface area contributed by atoms with E-state index in [4.69, 9.17) is 4.74 Å². The number of carbonyl (C=O) groups excluding carboxylic acids is 1. The van der Waals surface area contributed by atoms with Crippen molar-refractivity contribution in [2.45, 2.75) is 32.2 Å². The van der Waals surface area contributed by atoms with E-state index < -0.39 is 0 Å². The zero-order valence-corrected chi connectivity index (χ0v) is 18.2. The fourth-order valence-corrected chi connectivity index (χ4v) is 4.38. The molecule has 1 fully saturated rings. The predicted octanol–water partition coefficient (Wildman–Crippen LogP) is 6.54. The lowest BCUT2D eigenvalue weighted by molar-refractivity contribution is 0.0602. The summed E-state index contributed by atoms with van der Waals surface area (Å²) < 4.78 is 20.7. The van der Waals surface area contributed by atoms with Gasteiger partial charge in [-0.1, -0.05) is 18.2 Å². The molecule has 0 radical (unpaired) electrons. The molecule has 162 valence electrons. The van der Waals surface area contributed by atoms with Crippen LogP contribution in [-0.2, 0) is 11.3 Å². The summed E-state index contributed by atoms with van der Waals surface area (Å²) in [5.74, 6) is -0.00534. The van der Waals surface area contributed by atoms with Gasteiger partial charge < -0.3 is 14.6 Å². The van der Waals surface area contributed by atoms with Crippen molar-refractivity contribution >= 4 is 28.2 Å². The Hall–Kier alpha value is -3.60. The number of hydrogen-bond acceptors (Lipinski definition) is 3. The van der Waals surface area contributed by atoms with E-state index in [9.17, 15) is 9.18 Å². The number of rotatable bonds is 6. The van der Waals surface area contributed by atoms with Crippen molar-refractivity contribution in [1.82, 2.24) is 4.57 Å². The number of halogens is 1. The van der Waals surface area contributed by atoms with Gasteiger partial charge in [0.1, 0.15) is 5.82 Å². The number of esters is 1. The number of fused-ring (bicyclic) bond motifs is 1. The van der Waals surface area contributed by atoms with Gasteiger partial charge in [0.05, 0.1) is 23.9 Å². The average molecular weight is 429 g/mol. The summed E-state index contributed by atoms with van der Waals surface area (Å²) in [7, 11) is 1.41. The van der Waals surface area contributed by atoms with Crippen LogP contribution in [-0.4, -0.2) is 17.6 Å². The molecule has 1 aromatic heterocycles. The van der Waals surface area contributed by atoms with Crippen LogP contribution in [0.4, 0.5) is 15.8 Å². The summed E-state index contributed by atoms with van der Waals surface area (Å²) >= 11 is 0. The highest BCUT2D eigenvalue weighted by molar-refractivity contribution is 5.97.